The molecule has 0 bridgehead atoms. The second-order valence-corrected chi connectivity index (χ2v) is 7.02. The Hall–Kier alpha value is -1.20. The minimum atomic E-state index is 0.0312. The van der Waals surface area contributed by atoms with Crippen LogP contribution in [0.25, 0.3) is 0 Å². The van der Waals surface area contributed by atoms with Crippen molar-refractivity contribution >= 4 is 23.0 Å². The second kappa shape index (κ2) is 5.30. The number of piperidine rings is 1. The first kappa shape index (κ1) is 13.8. The predicted molar refractivity (Wildman–Crippen MR) is 79.4 cm³/mol. The Morgan fingerprint density at radius 3 is 2.45 bits per heavy atom. The minimum absolute atomic E-state index is 0.0312. The van der Waals surface area contributed by atoms with E-state index in [2.05, 4.69) is 5.32 Å². The smallest absolute Gasteiger partial charge is 0.263 e. The third-order valence-electron chi connectivity index (χ3n) is 4.61. The maximum Gasteiger partial charge on any atom is 0.263 e. The predicted octanol–water partition coefficient (Wildman–Crippen LogP) is 2.17. The van der Waals surface area contributed by atoms with Crippen LogP contribution in [-0.2, 0) is 0 Å². The summed E-state index contributed by atoms with van der Waals surface area (Å²) in [6.07, 6.45) is 3.43. The average molecular weight is 292 g/mol. The van der Waals surface area contributed by atoms with Crippen molar-refractivity contribution in [1.82, 2.24) is 10.2 Å². The summed E-state index contributed by atoms with van der Waals surface area (Å²) >= 11 is 1.31. The molecule has 2 fully saturated rings. The highest BCUT2D eigenvalue weighted by Crippen LogP contribution is 2.37. The van der Waals surface area contributed by atoms with Crippen LogP contribution in [-0.4, -0.2) is 42.8 Å². The van der Waals surface area contributed by atoms with E-state index in [-0.39, 0.29) is 11.7 Å². The summed E-state index contributed by atoms with van der Waals surface area (Å²) < 4.78 is 0. The van der Waals surface area contributed by atoms with Gasteiger partial charge in [-0.15, -0.1) is 11.3 Å². The normalized spacial score (nSPS) is 21.4. The second-order valence-electron chi connectivity index (χ2n) is 5.94. The standard InChI is InChI=1S/C15H20N2O2S/c1-11(18)12-2-3-13(20-12)14(19)17-8-5-15(6-9-17)4-7-16-10-15/h2-3,16H,4-10H2,1H3. The molecule has 2 aliphatic heterocycles. The zero-order valence-corrected chi connectivity index (χ0v) is 12.6. The van der Waals surface area contributed by atoms with E-state index in [0.717, 1.165) is 39.0 Å². The lowest BCUT2D eigenvalue weighted by molar-refractivity contribution is 0.0612. The van der Waals surface area contributed by atoms with Crippen molar-refractivity contribution in [2.45, 2.75) is 26.2 Å². The molecule has 0 aliphatic carbocycles. The van der Waals surface area contributed by atoms with Gasteiger partial charge in [0.05, 0.1) is 9.75 Å². The molecule has 2 saturated heterocycles. The van der Waals surface area contributed by atoms with E-state index < -0.39 is 0 Å². The third kappa shape index (κ3) is 2.52. The number of likely N-dealkylation sites (tertiary alicyclic amines) is 1. The Morgan fingerprint density at radius 2 is 1.90 bits per heavy atom. The fourth-order valence-electron chi connectivity index (χ4n) is 3.20. The van der Waals surface area contributed by atoms with E-state index in [1.807, 2.05) is 4.90 Å². The summed E-state index contributed by atoms with van der Waals surface area (Å²) in [7, 11) is 0. The summed E-state index contributed by atoms with van der Waals surface area (Å²) in [6, 6.07) is 3.54. The molecular formula is C15H20N2O2S. The molecule has 1 N–H and O–H groups in total. The highest BCUT2D eigenvalue weighted by Gasteiger charge is 2.38. The zero-order valence-electron chi connectivity index (χ0n) is 11.8. The number of nitrogens with one attached hydrogen (secondary N) is 1. The van der Waals surface area contributed by atoms with Gasteiger partial charge in [0.2, 0.25) is 0 Å². The topological polar surface area (TPSA) is 49.4 Å². The molecular weight excluding hydrogens is 272 g/mol. The highest BCUT2D eigenvalue weighted by molar-refractivity contribution is 7.15. The number of hydrogen-bond acceptors (Lipinski definition) is 4. The molecule has 0 atom stereocenters. The number of ketones is 1. The van der Waals surface area contributed by atoms with Crippen LogP contribution < -0.4 is 5.32 Å². The van der Waals surface area contributed by atoms with Gasteiger partial charge in [-0.2, -0.15) is 0 Å². The van der Waals surface area contributed by atoms with Gasteiger partial charge >= 0.3 is 0 Å². The first-order valence-corrected chi connectivity index (χ1v) is 8.02. The Balaban J connectivity index is 1.65. The van der Waals surface area contributed by atoms with E-state index in [4.69, 9.17) is 0 Å². The lowest BCUT2D eigenvalue weighted by Gasteiger charge is -2.38. The maximum atomic E-state index is 12.4. The Labute approximate surface area is 123 Å². The van der Waals surface area contributed by atoms with Gasteiger partial charge in [0.25, 0.3) is 5.91 Å². The van der Waals surface area contributed by atoms with Crippen molar-refractivity contribution in [2.75, 3.05) is 26.2 Å². The Morgan fingerprint density at radius 1 is 1.20 bits per heavy atom. The van der Waals surface area contributed by atoms with Crippen molar-refractivity contribution in [1.29, 1.82) is 0 Å². The van der Waals surface area contributed by atoms with E-state index in [9.17, 15) is 9.59 Å². The van der Waals surface area contributed by atoms with Crippen LogP contribution in [0.4, 0.5) is 0 Å². The Kier molecular flexibility index (Phi) is 3.65. The van der Waals surface area contributed by atoms with Crippen LogP contribution in [0.1, 0.15) is 45.5 Å². The van der Waals surface area contributed by atoms with Crippen LogP contribution >= 0.6 is 11.3 Å². The lowest BCUT2D eigenvalue weighted by atomic mass is 9.78. The molecule has 1 spiro atoms. The molecule has 0 aromatic carbocycles. The number of thiophene rings is 1. The summed E-state index contributed by atoms with van der Waals surface area (Å²) in [4.78, 5) is 27.1. The molecule has 1 amide bonds. The van der Waals surface area contributed by atoms with Gasteiger partial charge in [-0.05, 0) is 50.3 Å². The van der Waals surface area contributed by atoms with Crippen molar-refractivity contribution in [2.24, 2.45) is 5.41 Å². The Bertz CT molecular complexity index is 522. The maximum absolute atomic E-state index is 12.4. The zero-order chi connectivity index (χ0) is 14.2. The first-order chi connectivity index (χ1) is 9.60. The molecule has 3 rings (SSSR count). The average Bonchev–Trinajstić information content (AvgIpc) is 3.08. The van der Waals surface area contributed by atoms with Gasteiger partial charge in [-0.25, -0.2) is 0 Å². The molecule has 3 heterocycles. The van der Waals surface area contributed by atoms with E-state index in [0.29, 0.717) is 15.2 Å². The first-order valence-electron chi connectivity index (χ1n) is 7.20. The van der Waals surface area contributed by atoms with Gasteiger partial charge in [0.15, 0.2) is 5.78 Å². The van der Waals surface area contributed by atoms with Crippen molar-refractivity contribution in [3.8, 4) is 0 Å². The molecule has 0 saturated carbocycles. The molecule has 0 unspecified atom stereocenters. The van der Waals surface area contributed by atoms with Gasteiger partial charge in [0, 0.05) is 19.6 Å². The number of rotatable bonds is 2. The molecule has 5 heteroatoms. The number of nitrogens with zero attached hydrogens (tertiary/aromatic N) is 1. The number of carbonyl (C=O) groups excluding carboxylic acids is 2. The summed E-state index contributed by atoms with van der Waals surface area (Å²) in [5, 5.41) is 3.44. The van der Waals surface area contributed by atoms with E-state index >= 15 is 0 Å². The number of carbonyl (C=O) groups is 2. The van der Waals surface area contributed by atoms with Crippen molar-refractivity contribution < 1.29 is 9.59 Å². The van der Waals surface area contributed by atoms with E-state index in [1.165, 1.54) is 24.7 Å². The van der Waals surface area contributed by atoms with Crippen LogP contribution in [0, 0.1) is 5.41 Å². The van der Waals surface area contributed by atoms with Crippen LogP contribution in [0.3, 0.4) is 0 Å². The van der Waals surface area contributed by atoms with Gasteiger partial charge in [-0.1, -0.05) is 0 Å². The monoisotopic (exact) mass is 292 g/mol. The fraction of sp³-hybridized carbons (Fsp3) is 0.600. The van der Waals surface area contributed by atoms with E-state index in [1.54, 1.807) is 12.1 Å². The molecule has 1 aromatic heterocycles. The molecule has 2 aliphatic rings. The van der Waals surface area contributed by atoms with Crippen LogP contribution in [0.15, 0.2) is 12.1 Å². The lowest BCUT2D eigenvalue weighted by Crippen LogP contribution is -2.43. The van der Waals surface area contributed by atoms with Crippen molar-refractivity contribution in [3.63, 3.8) is 0 Å². The fourth-order valence-corrected chi connectivity index (χ4v) is 4.07. The van der Waals surface area contributed by atoms with Gasteiger partial charge in [0.1, 0.15) is 0 Å². The molecule has 20 heavy (non-hydrogen) atoms. The van der Waals surface area contributed by atoms with Crippen molar-refractivity contribution in [3.05, 3.63) is 21.9 Å². The minimum Gasteiger partial charge on any atom is -0.338 e. The highest BCUT2D eigenvalue weighted by atomic mass is 32.1. The summed E-state index contributed by atoms with van der Waals surface area (Å²) in [5.74, 6) is 0.118. The number of Topliss-reactive ketones (excluding diaryl/α,β-unsaturated/α-hetero) is 1. The summed E-state index contributed by atoms with van der Waals surface area (Å²) in [5.41, 5.74) is 0.427. The quantitative estimate of drug-likeness (QED) is 0.850. The summed E-state index contributed by atoms with van der Waals surface area (Å²) in [6.45, 7) is 5.43. The van der Waals surface area contributed by atoms with Crippen LogP contribution in [0.5, 0.6) is 0 Å². The molecule has 1 aromatic rings. The largest absolute Gasteiger partial charge is 0.338 e. The van der Waals surface area contributed by atoms with Gasteiger partial charge < -0.3 is 10.2 Å². The number of amides is 1. The van der Waals surface area contributed by atoms with Crippen LogP contribution in [0.2, 0.25) is 0 Å². The molecule has 108 valence electrons. The molecule has 4 nitrogen and oxygen atoms in total. The SMILES string of the molecule is CC(=O)c1ccc(C(=O)N2CCC3(CCNC3)CC2)s1. The van der Waals surface area contributed by atoms with Gasteiger partial charge in [-0.3, -0.25) is 9.59 Å². The molecule has 0 radical (unpaired) electrons. The number of hydrogen-bond donors (Lipinski definition) is 1. The third-order valence-corrected chi connectivity index (χ3v) is 5.78.